The van der Waals surface area contributed by atoms with Crippen molar-refractivity contribution in [3.8, 4) is 0 Å². The molecule has 0 aromatic heterocycles. The van der Waals surface area contributed by atoms with E-state index in [9.17, 15) is 4.79 Å². The van der Waals surface area contributed by atoms with Gasteiger partial charge in [0.2, 0.25) is 0 Å². The molecule has 0 spiro atoms. The van der Waals surface area contributed by atoms with Crippen molar-refractivity contribution < 1.29 is 9.90 Å². The van der Waals surface area contributed by atoms with Crippen LogP contribution in [0.1, 0.15) is 33.6 Å². The van der Waals surface area contributed by atoms with Crippen molar-refractivity contribution >= 4 is 5.97 Å². The summed E-state index contributed by atoms with van der Waals surface area (Å²) in [4.78, 5) is 10.2. The van der Waals surface area contributed by atoms with Crippen LogP contribution in [0.5, 0.6) is 0 Å². The number of carboxylic acid groups (broad SMARTS) is 1. The zero-order valence-electron chi connectivity index (χ0n) is 8.13. The Morgan fingerprint density at radius 3 is 2.42 bits per heavy atom. The first kappa shape index (κ1) is 11.4. The van der Waals surface area contributed by atoms with Gasteiger partial charge in [0.1, 0.15) is 0 Å². The van der Waals surface area contributed by atoms with Gasteiger partial charge in [-0.15, -0.1) is 0 Å². The summed E-state index contributed by atoms with van der Waals surface area (Å²) in [6.45, 7) is 7.15. The minimum Gasteiger partial charge on any atom is -0.481 e. The average molecular weight is 173 g/mol. The van der Waals surface area contributed by atoms with Crippen LogP contribution in [0.25, 0.3) is 0 Å². The predicted molar refractivity (Wildman–Crippen MR) is 49.2 cm³/mol. The van der Waals surface area contributed by atoms with E-state index < -0.39 is 5.97 Å². The fraction of sp³-hybridized carbons (Fsp3) is 0.889. The first-order chi connectivity index (χ1) is 5.52. The molecule has 0 amide bonds. The van der Waals surface area contributed by atoms with E-state index in [4.69, 9.17) is 5.11 Å². The molecule has 0 aliphatic heterocycles. The van der Waals surface area contributed by atoms with Crippen molar-refractivity contribution in [1.29, 1.82) is 0 Å². The highest BCUT2D eigenvalue weighted by Crippen LogP contribution is 2.03. The lowest BCUT2D eigenvalue weighted by Gasteiger charge is -2.13. The summed E-state index contributed by atoms with van der Waals surface area (Å²) in [5, 5.41) is 11.7. The van der Waals surface area contributed by atoms with Crippen LogP contribution in [0, 0.1) is 5.92 Å². The van der Waals surface area contributed by atoms with Crippen LogP contribution in [-0.4, -0.2) is 23.7 Å². The Morgan fingerprint density at radius 1 is 1.42 bits per heavy atom. The van der Waals surface area contributed by atoms with Gasteiger partial charge in [-0.3, -0.25) is 4.79 Å². The van der Waals surface area contributed by atoms with E-state index in [0.717, 1.165) is 13.0 Å². The molecule has 1 unspecified atom stereocenters. The summed E-state index contributed by atoms with van der Waals surface area (Å²) in [5.74, 6) is -0.255. The molecule has 3 nitrogen and oxygen atoms in total. The van der Waals surface area contributed by atoms with Gasteiger partial charge in [-0.1, -0.05) is 20.8 Å². The van der Waals surface area contributed by atoms with Crippen LogP contribution in [0.15, 0.2) is 0 Å². The minimum atomic E-state index is -0.702. The van der Waals surface area contributed by atoms with Gasteiger partial charge in [0.15, 0.2) is 0 Å². The summed E-state index contributed by atoms with van der Waals surface area (Å²) in [6, 6.07) is 0.484. The number of hydrogen-bond donors (Lipinski definition) is 2. The highest BCUT2D eigenvalue weighted by molar-refractivity contribution is 5.66. The van der Waals surface area contributed by atoms with Crippen molar-refractivity contribution in [2.45, 2.75) is 39.7 Å². The quantitative estimate of drug-likeness (QED) is 0.639. The molecule has 0 heterocycles. The Kier molecular flexibility index (Phi) is 5.72. The van der Waals surface area contributed by atoms with Crippen molar-refractivity contribution in [3.05, 3.63) is 0 Å². The third kappa shape index (κ3) is 7.54. The number of aliphatic carboxylic acids is 1. The fourth-order valence-corrected chi connectivity index (χ4v) is 0.909. The Balaban J connectivity index is 3.33. The highest BCUT2D eigenvalue weighted by Gasteiger charge is 2.05. The van der Waals surface area contributed by atoms with Crippen molar-refractivity contribution in [1.82, 2.24) is 5.32 Å². The zero-order valence-corrected chi connectivity index (χ0v) is 8.13. The monoisotopic (exact) mass is 173 g/mol. The molecule has 0 saturated heterocycles. The molecule has 0 saturated carbocycles. The average Bonchev–Trinajstić information content (AvgIpc) is 1.96. The third-order valence-corrected chi connectivity index (χ3v) is 1.73. The molecule has 0 radical (unpaired) electrons. The van der Waals surface area contributed by atoms with Gasteiger partial charge in [0.25, 0.3) is 0 Å². The van der Waals surface area contributed by atoms with E-state index in [1.165, 1.54) is 0 Å². The van der Waals surface area contributed by atoms with Gasteiger partial charge in [-0.2, -0.15) is 0 Å². The van der Waals surface area contributed by atoms with Crippen LogP contribution in [0.4, 0.5) is 0 Å². The lowest BCUT2D eigenvalue weighted by molar-refractivity contribution is -0.137. The Labute approximate surface area is 74.2 Å². The van der Waals surface area contributed by atoms with E-state index in [0.29, 0.717) is 12.0 Å². The molecule has 72 valence electrons. The van der Waals surface area contributed by atoms with Gasteiger partial charge in [-0.25, -0.2) is 0 Å². The van der Waals surface area contributed by atoms with E-state index in [1.807, 2.05) is 0 Å². The van der Waals surface area contributed by atoms with E-state index in [2.05, 4.69) is 26.1 Å². The highest BCUT2D eigenvalue weighted by atomic mass is 16.4. The number of rotatable bonds is 6. The van der Waals surface area contributed by atoms with Crippen molar-refractivity contribution in [2.24, 2.45) is 5.92 Å². The molecule has 0 bridgehead atoms. The van der Waals surface area contributed by atoms with E-state index in [-0.39, 0.29) is 6.42 Å². The second kappa shape index (κ2) is 6.00. The van der Waals surface area contributed by atoms with Gasteiger partial charge in [0.05, 0.1) is 0 Å². The molecule has 0 rings (SSSR count). The number of carboxylic acids is 1. The van der Waals surface area contributed by atoms with Crippen LogP contribution < -0.4 is 5.32 Å². The number of hydrogen-bond acceptors (Lipinski definition) is 2. The first-order valence-electron chi connectivity index (χ1n) is 4.47. The van der Waals surface area contributed by atoms with Gasteiger partial charge in [-0.05, 0) is 18.9 Å². The molecule has 0 aliphatic rings. The lowest BCUT2D eigenvalue weighted by Crippen LogP contribution is -2.28. The SMILES string of the molecule is CC(CCC(=O)O)CNC(C)C. The molecule has 0 fully saturated rings. The summed E-state index contributed by atoms with van der Waals surface area (Å²) >= 11 is 0. The Morgan fingerprint density at radius 2 is 2.00 bits per heavy atom. The summed E-state index contributed by atoms with van der Waals surface area (Å²) < 4.78 is 0. The summed E-state index contributed by atoms with van der Waals surface area (Å²) in [7, 11) is 0. The lowest BCUT2D eigenvalue weighted by atomic mass is 10.1. The van der Waals surface area contributed by atoms with Crippen LogP contribution >= 0.6 is 0 Å². The summed E-state index contributed by atoms with van der Waals surface area (Å²) in [6.07, 6.45) is 1.04. The second-order valence-corrected chi connectivity index (χ2v) is 3.60. The second-order valence-electron chi connectivity index (χ2n) is 3.60. The molecule has 12 heavy (non-hydrogen) atoms. The number of nitrogens with one attached hydrogen (secondary N) is 1. The molecular weight excluding hydrogens is 154 g/mol. The maximum absolute atomic E-state index is 10.2. The van der Waals surface area contributed by atoms with E-state index >= 15 is 0 Å². The topological polar surface area (TPSA) is 49.3 Å². The number of carbonyl (C=O) groups is 1. The van der Waals surface area contributed by atoms with Crippen LogP contribution in [-0.2, 0) is 4.79 Å². The van der Waals surface area contributed by atoms with Crippen molar-refractivity contribution in [2.75, 3.05) is 6.54 Å². The molecule has 0 aromatic carbocycles. The molecule has 1 atom stereocenters. The molecular formula is C9H19NO2. The van der Waals surface area contributed by atoms with E-state index in [1.54, 1.807) is 0 Å². The maximum Gasteiger partial charge on any atom is 0.303 e. The fourth-order valence-electron chi connectivity index (χ4n) is 0.909. The van der Waals surface area contributed by atoms with Crippen LogP contribution in [0.2, 0.25) is 0 Å². The van der Waals surface area contributed by atoms with Crippen LogP contribution in [0.3, 0.4) is 0 Å². The molecule has 2 N–H and O–H groups in total. The summed E-state index contributed by atoms with van der Waals surface area (Å²) in [5.41, 5.74) is 0. The largest absolute Gasteiger partial charge is 0.481 e. The standard InChI is InChI=1S/C9H19NO2/c1-7(2)10-6-8(3)4-5-9(11)12/h7-8,10H,4-6H2,1-3H3,(H,11,12). The molecule has 3 heteroatoms. The smallest absolute Gasteiger partial charge is 0.303 e. The predicted octanol–water partition coefficient (Wildman–Crippen LogP) is 1.49. The Hall–Kier alpha value is -0.570. The van der Waals surface area contributed by atoms with Crippen molar-refractivity contribution in [3.63, 3.8) is 0 Å². The molecule has 0 aromatic rings. The van der Waals surface area contributed by atoms with Gasteiger partial charge in [0, 0.05) is 12.5 Å². The molecule has 0 aliphatic carbocycles. The maximum atomic E-state index is 10.2. The first-order valence-corrected chi connectivity index (χ1v) is 4.47. The minimum absolute atomic E-state index is 0.279. The third-order valence-electron chi connectivity index (χ3n) is 1.73. The Bertz CT molecular complexity index is 134. The van der Waals surface area contributed by atoms with Gasteiger partial charge < -0.3 is 10.4 Å². The normalized spacial score (nSPS) is 13.3. The van der Waals surface area contributed by atoms with Gasteiger partial charge >= 0.3 is 5.97 Å². The zero-order chi connectivity index (χ0) is 9.56.